The summed E-state index contributed by atoms with van der Waals surface area (Å²) < 4.78 is 5.45. The standard InChI is InChI=1S/C18H29N3O2/c1-14(16-8-6-7-11-19-16)20(5)15-9-12-21(13-10-15)17(22)23-18(2,3)4/h6-8,11,14-15H,9-10,12-13H2,1-5H3/t14-/m0/s1. The molecule has 0 aliphatic carbocycles. The summed E-state index contributed by atoms with van der Waals surface area (Å²) in [4.78, 5) is 20.8. The summed E-state index contributed by atoms with van der Waals surface area (Å²) in [7, 11) is 2.15. The van der Waals surface area contributed by atoms with E-state index in [1.54, 1.807) is 0 Å². The summed E-state index contributed by atoms with van der Waals surface area (Å²) in [6.45, 7) is 9.39. The van der Waals surface area contributed by atoms with Crippen LogP contribution >= 0.6 is 0 Å². The number of pyridine rings is 1. The Hall–Kier alpha value is -1.62. The highest BCUT2D eigenvalue weighted by Gasteiger charge is 2.30. The van der Waals surface area contributed by atoms with Crippen LogP contribution in [0, 0.1) is 0 Å². The molecule has 2 heterocycles. The number of amides is 1. The van der Waals surface area contributed by atoms with E-state index in [9.17, 15) is 4.79 Å². The van der Waals surface area contributed by atoms with Gasteiger partial charge in [0, 0.05) is 31.4 Å². The van der Waals surface area contributed by atoms with Crippen LogP contribution in [0.25, 0.3) is 0 Å². The molecule has 0 aromatic carbocycles. The molecule has 0 unspecified atom stereocenters. The molecular formula is C18H29N3O2. The highest BCUT2D eigenvalue weighted by atomic mass is 16.6. The second-order valence-electron chi connectivity index (χ2n) is 7.29. The molecule has 2 rings (SSSR count). The van der Waals surface area contributed by atoms with Crippen LogP contribution in [0.4, 0.5) is 4.79 Å². The van der Waals surface area contributed by atoms with Crippen molar-refractivity contribution in [2.24, 2.45) is 0 Å². The first-order valence-corrected chi connectivity index (χ1v) is 8.39. The van der Waals surface area contributed by atoms with Crippen molar-refractivity contribution in [3.63, 3.8) is 0 Å². The number of rotatable bonds is 3. The van der Waals surface area contributed by atoms with Crippen LogP contribution in [0.15, 0.2) is 24.4 Å². The summed E-state index contributed by atoms with van der Waals surface area (Å²) in [6.07, 6.45) is 3.57. The molecule has 5 heteroatoms. The normalized spacial score (nSPS) is 18.1. The predicted octanol–water partition coefficient (Wildman–Crippen LogP) is 3.47. The predicted molar refractivity (Wildman–Crippen MR) is 91.2 cm³/mol. The maximum atomic E-state index is 12.1. The third-order valence-electron chi connectivity index (χ3n) is 4.42. The minimum Gasteiger partial charge on any atom is -0.444 e. The summed E-state index contributed by atoms with van der Waals surface area (Å²) in [6, 6.07) is 6.77. The fraction of sp³-hybridized carbons (Fsp3) is 0.667. The average Bonchev–Trinajstić information content (AvgIpc) is 2.53. The van der Waals surface area contributed by atoms with Crippen LogP contribution in [0.5, 0.6) is 0 Å². The topological polar surface area (TPSA) is 45.7 Å². The average molecular weight is 319 g/mol. The number of hydrogen-bond donors (Lipinski definition) is 0. The van der Waals surface area contributed by atoms with Crippen molar-refractivity contribution >= 4 is 6.09 Å². The zero-order valence-electron chi connectivity index (χ0n) is 15.0. The van der Waals surface area contributed by atoms with Gasteiger partial charge in [-0.3, -0.25) is 9.88 Å². The molecule has 1 aromatic rings. The summed E-state index contributed by atoms with van der Waals surface area (Å²) >= 11 is 0. The molecule has 0 spiro atoms. The zero-order valence-corrected chi connectivity index (χ0v) is 15.0. The lowest BCUT2D eigenvalue weighted by Gasteiger charge is -2.39. The van der Waals surface area contributed by atoms with E-state index in [0.29, 0.717) is 6.04 Å². The lowest BCUT2D eigenvalue weighted by Crippen LogP contribution is -2.47. The van der Waals surface area contributed by atoms with Gasteiger partial charge in [0.15, 0.2) is 0 Å². The Morgan fingerprint density at radius 2 is 2.00 bits per heavy atom. The number of aromatic nitrogens is 1. The monoisotopic (exact) mass is 319 g/mol. The van der Waals surface area contributed by atoms with E-state index in [1.165, 1.54) is 0 Å². The van der Waals surface area contributed by atoms with E-state index in [4.69, 9.17) is 4.74 Å². The number of carbonyl (C=O) groups is 1. The van der Waals surface area contributed by atoms with Gasteiger partial charge in [0.1, 0.15) is 5.60 Å². The van der Waals surface area contributed by atoms with Crippen molar-refractivity contribution in [3.05, 3.63) is 30.1 Å². The molecule has 128 valence electrons. The number of carbonyl (C=O) groups excluding carboxylic acids is 1. The first-order valence-electron chi connectivity index (χ1n) is 8.39. The second-order valence-corrected chi connectivity index (χ2v) is 7.29. The zero-order chi connectivity index (χ0) is 17.0. The number of ether oxygens (including phenoxy) is 1. The minimum atomic E-state index is -0.432. The quantitative estimate of drug-likeness (QED) is 0.856. The number of piperidine rings is 1. The summed E-state index contributed by atoms with van der Waals surface area (Å²) in [5.41, 5.74) is 0.655. The molecule has 1 fully saturated rings. The van der Waals surface area contributed by atoms with E-state index < -0.39 is 5.60 Å². The molecule has 0 radical (unpaired) electrons. The number of hydrogen-bond acceptors (Lipinski definition) is 4. The third-order valence-corrected chi connectivity index (χ3v) is 4.42. The van der Waals surface area contributed by atoms with Gasteiger partial charge in [0.25, 0.3) is 0 Å². The minimum absolute atomic E-state index is 0.198. The van der Waals surface area contributed by atoms with E-state index >= 15 is 0 Å². The Kier molecular flexibility index (Phi) is 5.63. The maximum Gasteiger partial charge on any atom is 0.410 e. The van der Waals surface area contributed by atoms with Crippen LogP contribution in [0.3, 0.4) is 0 Å². The van der Waals surface area contributed by atoms with Gasteiger partial charge in [-0.2, -0.15) is 0 Å². The number of likely N-dealkylation sites (tertiary alicyclic amines) is 1. The van der Waals surface area contributed by atoms with Gasteiger partial charge < -0.3 is 9.64 Å². The van der Waals surface area contributed by atoms with E-state index in [1.807, 2.05) is 44.0 Å². The molecule has 1 aromatic heterocycles. The SMILES string of the molecule is C[C@@H](c1ccccn1)N(C)C1CCN(C(=O)OC(C)(C)C)CC1. The van der Waals surface area contributed by atoms with Gasteiger partial charge in [-0.25, -0.2) is 4.79 Å². The highest BCUT2D eigenvalue weighted by Crippen LogP contribution is 2.25. The first-order chi connectivity index (χ1) is 10.8. The van der Waals surface area contributed by atoms with E-state index in [0.717, 1.165) is 31.6 Å². The van der Waals surface area contributed by atoms with Crippen molar-refractivity contribution in [3.8, 4) is 0 Å². The lowest BCUT2D eigenvalue weighted by atomic mass is 10.0. The molecular weight excluding hydrogens is 290 g/mol. The Morgan fingerprint density at radius 3 is 2.52 bits per heavy atom. The Bertz CT molecular complexity index is 505. The summed E-state index contributed by atoms with van der Waals surface area (Å²) in [5.74, 6) is 0. The molecule has 0 N–H and O–H groups in total. The van der Waals surface area contributed by atoms with Crippen LogP contribution in [0.2, 0.25) is 0 Å². The smallest absolute Gasteiger partial charge is 0.410 e. The van der Waals surface area contributed by atoms with Gasteiger partial charge in [-0.1, -0.05) is 6.07 Å². The van der Waals surface area contributed by atoms with Gasteiger partial charge in [0.05, 0.1) is 5.69 Å². The molecule has 1 amide bonds. The van der Waals surface area contributed by atoms with Crippen molar-refractivity contribution < 1.29 is 9.53 Å². The van der Waals surface area contributed by atoms with Crippen molar-refractivity contribution in [1.29, 1.82) is 0 Å². The van der Waals surface area contributed by atoms with Gasteiger partial charge >= 0.3 is 6.09 Å². The second kappa shape index (κ2) is 7.30. The Balaban J connectivity index is 1.87. The molecule has 5 nitrogen and oxygen atoms in total. The largest absolute Gasteiger partial charge is 0.444 e. The van der Waals surface area contributed by atoms with Gasteiger partial charge in [-0.15, -0.1) is 0 Å². The van der Waals surface area contributed by atoms with Gasteiger partial charge in [-0.05, 0) is 59.7 Å². The van der Waals surface area contributed by atoms with Gasteiger partial charge in [0.2, 0.25) is 0 Å². The molecule has 0 saturated carbocycles. The van der Waals surface area contributed by atoms with Crippen molar-refractivity contribution in [1.82, 2.24) is 14.8 Å². The fourth-order valence-electron chi connectivity index (χ4n) is 2.93. The third kappa shape index (κ3) is 4.93. The highest BCUT2D eigenvalue weighted by molar-refractivity contribution is 5.68. The molecule has 23 heavy (non-hydrogen) atoms. The lowest BCUT2D eigenvalue weighted by molar-refractivity contribution is 0.0136. The molecule has 1 aliphatic heterocycles. The first kappa shape index (κ1) is 17.7. The van der Waals surface area contributed by atoms with E-state index in [2.05, 4.69) is 29.9 Å². The summed E-state index contributed by atoms with van der Waals surface area (Å²) in [5, 5.41) is 0. The van der Waals surface area contributed by atoms with Crippen LogP contribution < -0.4 is 0 Å². The van der Waals surface area contributed by atoms with E-state index in [-0.39, 0.29) is 12.1 Å². The van der Waals surface area contributed by atoms with Crippen molar-refractivity contribution in [2.75, 3.05) is 20.1 Å². The molecule has 0 bridgehead atoms. The van der Waals surface area contributed by atoms with Crippen LogP contribution in [-0.2, 0) is 4.74 Å². The number of nitrogens with zero attached hydrogens (tertiary/aromatic N) is 3. The molecule has 1 atom stereocenters. The van der Waals surface area contributed by atoms with Crippen LogP contribution in [0.1, 0.15) is 52.3 Å². The van der Waals surface area contributed by atoms with Crippen LogP contribution in [-0.4, -0.2) is 52.7 Å². The molecule has 1 aliphatic rings. The Morgan fingerprint density at radius 1 is 1.35 bits per heavy atom. The Labute approximate surface area is 139 Å². The van der Waals surface area contributed by atoms with Crippen molar-refractivity contribution in [2.45, 2.75) is 58.2 Å². The molecule has 1 saturated heterocycles. The maximum absolute atomic E-state index is 12.1. The fourth-order valence-corrected chi connectivity index (χ4v) is 2.93.